The van der Waals surface area contributed by atoms with Crippen LogP contribution in [0.3, 0.4) is 0 Å². The van der Waals surface area contributed by atoms with Gasteiger partial charge in [0.15, 0.2) is 0 Å². The molecule has 1 aromatic rings. The molecule has 1 aromatic carbocycles. The van der Waals surface area contributed by atoms with Crippen LogP contribution in [-0.2, 0) is 9.47 Å². The molecule has 25 heavy (non-hydrogen) atoms. The predicted molar refractivity (Wildman–Crippen MR) is 97.3 cm³/mol. The third kappa shape index (κ3) is 5.93. The largest absolute Gasteiger partial charge is 0.465 e. The Morgan fingerprint density at radius 1 is 1.20 bits per heavy atom. The zero-order valence-electron chi connectivity index (χ0n) is 15.5. The summed E-state index contributed by atoms with van der Waals surface area (Å²) >= 11 is 0. The van der Waals surface area contributed by atoms with Crippen molar-refractivity contribution in [1.29, 1.82) is 0 Å². The second kappa shape index (κ2) is 8.19. The first kappa shape index (κ1) is 19.0. The lowest BCUT2D eigenvalue weighted by Crippen LogP contribution is -2.41. The maximum atomic E-state index is 12.1. The molecule has 1 aliphatic rings. The smallest absolute Gasteiger partial charge is 0.410 e. The van der Waals surface area contributed by atoms with Gasteiger partial charge in [-0.1, -0.05) is 24.3 Å². The lowest BCUT2D eigenvalue weighted by atomic mass is 9.95. The van der Waals surface area contributed by atoms with Crippen LogP contribution < -0.4 is 0 Å². The number of likely N-dealkylation sites (tertiary alicyclic amines) is 1. The molecule has 1 saturated heterocycles. The van der Waals surface area contributed by atoms with E-state index in [4.69, 9.17) is 9.47 Å². The Morgan fingerprint density at radius 2 is 1.88 bits per heavy atom. The van der Waals surface area contributed by atoms with E-state index in [1.807, 2.05) is 45.0 Å². The molecule has 136 valence electrons. The third-order valence-corrected chi connectivity index (χ3v) is 4.06. The molecule has 0 N–H and O–H groups in total. The van der Waals surface area contributed by atoms with Gasteiger partial charge in [0.2, 0.25) is 0 Å². The van der Waals surface area contributed by atoms with E-state index in [1.165, 1.54) is 7.11 Å². The molecule has 1 fully saturated rings. The van der Waals surface area contributed by atoms with E-state index in [-0.39, 0.29) is 12.1 Å². The molecular formula is C20H27NO4. The van der Waals surface area contributed by atoms with Crippen LogP contribution in [0.2, 0.25) is 0 Å². The second-order valence-electron chi connectivity index (χ2n) is 7.28. The van der Waals surface area contributed by atoms with Crippen LogP contribution in [0.15, 0.2) is 30.3 Å². The van der Waals surface area contributed by atoms with Gasteiger partial charge >= 0.3 is 12.1 Å². The number of carbonyl (C=O) groups excluding carboxylic acids is 2. The van der Waals surface area contributed by atoms with Crippen molar-refractivity contribution in [1.82, 2.24) is 4.90 Å². The van der Waals surface area contributed by atoms with Crippen molar-refractivity contribution < 1.29 is 19.1 Å². The third-order valence-electron chi connectivity index (χ3n) is 4.06. The Bertz CT molecular complexity index is 637. The highest BCUT2D eigenvalue weighted by molar-refractivity contribution is 5.90. The van der Waals surface area contributed by atoms with Gasteiger partial charge in [0.1, 0.15) is 5.60 Å². The Kier molecular flexibility index (Phi) is 6.23. The highest BCUT2D eigenvalue weighted by Crippen LogP contribution is 2.22. The number of esters is 1. The van der Waals surface area contributed by atoms with Gasteiger partial charge in [-0.25, -0.2) is 9.59 Å². The van der Waals surface area contributed by atoms with Crippen LogP contribution in [-0.4, -0.2) is 42.8 Å². The van der Waals surface area contributed by atoms with Crippen molar-refractivity contribution in [3.05, 3.63) is 41.5 Å². The molecule has 0 spiro atoms. The number of piperidine rings is 1. The summed E-state index contributed by atoms with van der Waals surface area (Å²) in [6, 6.07) is 7.36. The van der Waals surface area contributed by atoms with Crippen LogP contribution in [0.25, 0.3) is 6.08 Å². The zero-order chi connectivity index (χ0) is 18.4. The Labute approximate surface area is 149 Å². The molecule has 1 aliphatic heterocycles. The lowest BCUT2D eigenvalue weighted by Gasteiger charge is -2.32. The molecule has 0 saturated carbocycles. The van der Waals surface area contributed by atoms with E-state index in [2.05, 4.69) is 6.08 Å². The number of amides is 1. The minimum Gasteiger partial charge on any atom is -0.465 e. The maximum Gasteiger partial charge on any atom is 0.410 e. The fourth-order valence-corrected chi connectivity index (χ4v) is 2.74. The average molecular weight is 345 g/mol. The van der Waals surface area contributed by atoms with Gasteiger partial charge < -0.3 is 14.4 Å². The first-order chi connectivity index (χ1) is 11.8. The van der Waals surface area contributed by atoms with Crippen molar-refractivity contribution in [2.75, 3.05) is 20.2 Å². The summed E-state index contributed by atoms with van der Waals surface area (Å²) in [5, 5.41) is 0. The number of ether oxygens (including phenoxy) is 2. The first-order valence-electron chi connectivity index (χ1n) is 8.63. The summed E-state index contributed by atoms with van der Waals surface area (Å²) in [6.07, 6.45) is 5.77. The summed E-state index contributed by atoms with van der Waals surface area (Å²) in [5.41, 5.74) is 1.06. The Morgan fingerprint density at radius 3 is 2.48 bits per heavy atom. The van der Waals surface area contributed by atoms with Gasteiger partial charge in [0, 0.05) is 13.1 Å². The normalized spacial score (nSPS) is 16.1. The fourth-order valence-electron chi connectivity index (χ4n) is 2.74. The molecule has 0 bridgehead atoms. The van der Waals surface area contributed by atoms with Crippen LogP contribution >= 0.6 is 0 Å². The number of methoxy groups -OCH3 is 1. The van der Waals surface area contributed by atoms with Gasteiger partial charge in [-0.2, -0.15) is 0 Å². The number of carbonyl (C=O) groups is 2. The number of benzene rings is 1. The summed E-state index contributed by atoms with van der Waals surface area (Å²) < 4.78 is 10.2. The molecule has 0 radical (unpaired) electrons. The van der Waals surface area contributed by atoms with E-state index >= 15 is 0 Å². The molecular weight excluding hydrogens is 318 g/mol. The molecule has 5 nitrogen and oxygen atoms in total. The van der Waals surface area contributed by atoms with Crippen LogP contribution in [0.4, 0.5) is 4.79 Å². The van der Waals surface area contributed by atoms with E-state index in [0.717, 1.165) is 18.4 Å². The van der Waals surface area contributed by atoms with Gasteiger partial charge in [-0.3, -0.25) is 0 Å². The standard InChI is InChI=1S/C20H27NO4/c1-20(2,3)25-19(23)21-12-10-15(11-13-21)8-9-16-6-5-7-17(14-16)18(22)24-4/h5-9,14-15H,10-13H2,1-4H3/b9-8+. The SMILES string of the molecule is COC(=O)c1cccc(/C=C/C2CCN(C(=O)OC(C)(C)C)CC2)c1. The van der Waals surface area contributed by atoms with Gasteiger partial charge in [0.25, 0.3) is 0 Å². The molecule has 2 rings (SSSR count). The molecule has 5 heteroatoms. The minimum atomic E-state index is -0.460. The number of hydrogen-bond donors (Lipinski definition) is 0. The quantitative estimate of drug-likeness (QED) is 0.773. The number of rotatable bonds is 3. The second-order valence-corrected chi connectivity index (χ2v) is 7.28. The topological polar surface area (TPSA) is 55.8 Å². The number of allylic oxidation sites excluding steroid dienone is 1. The molecule has 0 unspecified atom stereocenters. The summed E-state index contributed by atoms with van der Waals surface area (Å²) in [5.74, 6) is 0.0846. The van der Waals surface area contributed by atoms with Gasteiger partial charge in [0.05, 0.1) is 12.7 Å². The van der Waals surface area contributed by atoms with Crippen LogP contribution in [0, 0.1) is 5.92 Å². The van der Waals surface area contributed by atoms with Crippen molar-refractivity contribution in [3.63, 3.8) is 0 Å². The molecule has 0 aromatic heterocycles. The first-order valence-corrected chi connectivity index (χ1v) is 8.63. The predicted octanol–water partition coefficient (Wildman–Crippen LogP) is 4.13. The highest BCUT2D eigenvalue weighted by atomic mass is 16.6. The molecule has 0 atom stereocenters. The van der Waals surface area contributed by atoms with Crippen LogP contribution in [0.5, 0.6) is 0 Å². The van der Waals surface area contributed by atoms with Crippen molar-refractivity contribution in [3.8, 4) is 0 Å². The zero-order valence-corrected chi connectivity index (χ0v) is 15.5. The minimum absolute atomic E-state index is 0.235. The molecule has 1 amide bonds. The average Bonchev–Trinajstić information content (AvgIpc) is 2.58. The molecule has 1 heterocycles. The number of nitrogens with zero attached hydrogens (tertiary/aromatic N) is 1. The highest BCUT2D eigenvalue weighted by Gasteiger charge is 2.25. The summed E-state index contributed by atoms with van der Waals surface area (Å²) in [4.78, 5) is 25.4. The monoisotopic (exact) mass is 345 g/mol. The van der Waals surface area contributed by atoms with Crippen LogP contribution in [0.1, 0.15) is 49.5 Å². The summed E-state index contributed by atoms with van der Waals surface area (Å²) in [6.45, 7) is 7.03. The Hall–Kier alpha value is -2.30. The van der Waals surface area contributed by atoms with Crippen molar-refractivity contribution in [2.24, 2.45) is 5.92 Å². The van der Waals surface area contributed by atoms with E-state index in [1.54, 1.807) is 11.0 Å². The fraction of sp³-hybridized carbons (Fsp3) is 0.500. The lowest BCUT2D eigenvalue weighted by molar-refractivity contribution is 0.0197. The van der Waals surface area contributed by atoms with Gasteiger partial charge in [-0.15, -0.1) is 0 Å². The molecule has 0 aliphatic carbocycles. The maximum absolute atomic E-state index is 12.1. The van der Waals surface area contributed by atoms with Crippen molar-refractivity contribution >= 4 is 18.1 Å². The Balaban J connectivity index is 1.88. The van der Waals surface area contributed by atoms with Gasteiger partial charge in [-0.05, 0) is 57.2 Å². The summed E-state index contributed by atoms with van der Waals surface area (Å²) in [7, 11) is 1.38. The van der Waals surface area contributed by atoms with E-state index in [9.17, 15) is 9.59 Å². The van der Waals surface area contributed by atoms with Crippen molar-refractivity contribution in [2.45, 2.75) is 39.2 Å². The van der Waals surface area contributed by atoms with E-state index < -0.39 is 5.60 Å². The number of hydrogen-bond acceptors (Lipinski definition) is 4. The van der Waals surface area contributed by atoms with E-state index in [0.29, 0.717) is 24.6 Å².